The van der Waals surface area contributed by atoms with Crippen LogP contribution in [0.4, 0.5) is 5.95 Å². The molecular weight excluding hydrogens is 310 g/mol. The fourth-order valence-electron chi connectivity index (χ4n) is 3.35. The van der Waals surface area contributed by atoms with E-state index in [1.165, 1.54) is 6.20 Å². The van der Waals surface area contributed by atoms with Gasteiger partial charge in [0.2, 0.25) is 11.7 Å². The molecule has 1 amide bonds. The third-order valence-electron chi connectivity index (χ3n) is 4.61. The Morgan fingerprint density at radius 3 is 2.83 bits per heavy atom. The molecule has 8 heteroatoms. The quantitative estimate of drug-likeness (QED) is 0.807. The van der Waals surface area contributed by atoms with Gasteiger partial charge in [-0.3, -0.25) is 4.79 Å². The Bertz CT molecular complexity index is 678. The predicted octanol–water partition coefficient (Wildman–Crippen LogP) is 0.832. The molecule has 2 aromatic heterocycles. The van der Waals surface area contributed by atoms with Crippen molar-refractivity contribution < 1.29 is 14.1 Å². The molecule has 2 atom stereocenters. The molecule has 0 aliphatic carbocycles. The van der Waals surface area contributed by atoms with Crippen molar-refractivity contribution in [2.45, 2.75) is 12.5 Å². The molecule has 0 unspecified atom stereocenters. The number of carbonyl (C=O) groups excluding carboxylic acids is 1. The first-order valence-corrected chi connectivity index (χ1v) is 8.15. The molecule has 0 aromatic carbocycles. The molecule has 126 valence electrons. The van der Waals surface area contributed by atoms with Crippen molar-refractivity contribution in [3.63, 3.8) is 0 Å². The van der Waals surface area contributed by atoms with Gasteiger partial charge in [-0.2, -0.15) is 0 Å². The number of carbonyl (C=O) groups is 1. The topological polar surface area (TPSA) is 84.6 Å². The third kappa shape index (κ3) is 2.96. The Kier molecular flexibility index (Phi) is 4.12. The van der Waals surface area contributed by atoms with Crippen LogP contribution < -0.4 is 4.90 Å². The van der Waals surface area contributed by atoms with Crippen molar-refractivity contribution >= 4 is 11.9 Å². The number of ether oxygens (including phenoxy) is 1. The van der Waals surface area contributed by atoms with E-state index in [9.17, 15) is 4.79 Å². The number of rotatable bonds is 2. The molecule has 0 saturated carbocycles. The van der Waals surface area contributed by atoms with E-state index in [4.69, 9.17) is 9.26 Å². The summed E-state index contributed by atoms with van der Waals surface area (Å²) < 4.78 is 11.0. The summed E-state index contributed by atoms with van der Waals surface area (Å²) in [5.41, 5.74) is 0. The highest BCUT2D eigenvalue weighted by atomic mass is 16.5. The summed E-state index contributed by atoms with van der Waals surface area (Å²) in [5.74, 6) is 1.25. The highest BCUT2D eigenvalue weighted by Gasteiger charge is 2.36. The minimum atomic E-state index is -0.123. The highest BCUT2D eigenvalue weighted by Crippen LogP contribution is 2.26. The molecule has 2 aliphatic rings. The van der Waals surface area contributed by atoms with E-state index < -0.39 is 0 Å². The average molecular weight is 329 g/mol. The molecule has 2 aliphatic heterocycles. The first-order valence-electron chi connectivity index (χ1n) is 8.15. The zero-order chi connectivity index (χ0) is 16.4. The van der Waals surface area contributed by atoms with E-state index in [2.05, 4.69) is 20.0 Å². The first-order chi connectivity index (χ1) is 11.8. The Morgan fingerprint density at radius 1 is 1.17 bits per heavy atom. The van der Waals surface area contributed by atoms with Gasteiger partial charge in [0.1, 0.15) is 0 Å². The Labute approximate surface area is 139 Å². The SMILES string of the molecule is O=C(c1ccno1)N1CC[C@@H]2CN(c3ncccn3)CCO[C@H]2C1. The maximum absolute atomic E-state index is 12.4. The van der Waals surface area contributed by atoms with Crippen molar-refractivity contribution in [3.05, 3.63) is 36.5 Å². The van der Waals surface area contributed by atoms with Crippen LogP contribution in [0.1, 0.15) is 17.0 Å². The van der Waals surface area contributed by atoms with Gasteiger partial charge in [0.05, 0.1) is 18.9 Å². The van der Waals surface area contributed by atoms with E-state index >= 15 is 0 Å². The summed E-state index contributed by atoms with van der Waals surface area (Å²) >= 11 is 0. The maximum Gasteiger partial charge on any atom is 0.292 e. The molecule has 4 heterocycles. The van der Waals surface area contributed by atoms with Crippen LogP contribution in [0.15, 0.2) is 35.2 Å². The molecule has 2 fully saturated rings. The van der Waals surface area contributed by atoms with Gasteiger partial charge in [0, 0.05) is 50.6 Å². The van der Waals surface area contributed by atoms with Gasteiger partial charge < -0.3 is 19.1 Å². The molecule has 2 aromatic rings. The van der Waals surface area contributed by atoms with Gasteiger partial charge in [-0.25, -0.2) is 9.97 Å². The monoisotopic (exact) mass is 329 g/mol. The van der Waals surface area contributed by atoms with Crippen LogP contribution in [0.2, 0.25) is 0 Å². The molecule has 4 rings (SSSR count). The van der Waals surface area contributed by atoms with Crippen LogP contribution in [-0.4, -0.2) is 64.8 Å². The first kappa shape index (κ1) is 15.1. The van der Waals surface area contributed by atoms with Gasteiger partial charge in [-0.1, -0.05) is 5.16 Å². The molecule has 8 nitrogen and oxygen atoms in total. The summed E-state index contributed by atoms with van der Waals surface area (Å²) in [7, 11) is 0. The number of fused-ring (bicyclic) bond motifs is 1. The smallest absolute Gasteiger partial charge is 0.292 e. The number of piperidine rings is 1. The van der Waals surface area contributed by atoms with Gasteiger partial charge in [0.15, 0.2) is 0 Å². The van der Waals surface area contributed by atoms with E-state index in [1.807, 2.05) is 6.07 Å². The Hall–Kier alpha value is -2.48. The lowest BCUT2D eigenvalue weighted by molar-refractivity contribution is -0.0178. The van der Waals surface area contributed by atoms with E-state index in [-0.39, 0.29) is 17.8 Å². The molecule has 24 heavy (non-hydrogen) atoms. The van der Waals surface area contributed by atoms with Crippen molar-refractivity contribution in [1.82, 2.24) is 20.0 Å². The van der Waals surface area contributed by atoms with Gasteiger partial charge in [-0.15, -0.1) is 0 Å². The summed E-state index contributed by atoms with van der Waals surface area (Å²) in [6, 6.07) is 3.41. The molecule has 0 spiro atoms. The summed E-state index contributed by atoms with van der Waals surface area (Å²) in [5, 5.41) is 3.60. The van der Waals surface area contributed by atoms with Crippen LogP contribution in [0.5, 0.6) is 0 Å². The normalized spacial score (nSPS) is 24.3. The minimum Gasteiger partial charge on any atom is -0.374 e. The lowest BCUT2D eigenvalue weighted by Crippen LogP contribution is -2.49. The van der Waals surface area contributed by atoms with Crippen LogP contribution in [0.3, 0.4) is 0 Å². The zero-order valence-electron chi connectivity index (χ0n) is 13.2. The largest absolute Gasteiger partial charge is 0.374 e. The maximum atomic E-state index is 12.4. The van der Waals surface area contributed by atoms with Crippen molar-refractivity contribution in [1.29, 1.82) is 0 Å². The Morgan fingerprint density at radius 2 is 2.04 bits per heavy atom. The standard InChI is InChI=1S/C16H19N5O3/c22-15(13-2-6-19-24-13)20-7-3-12-10-21(8-9-23-14(12)11-20)16-17-4-1-5-18-16/h1-2,4-6,12,14H,3,7-11H2/t12-,14+/m1/s1. The second kappa shape index (κ2) is 6.56. The zero-order valence-corrected chi connectivity index (χ0v) is 13.2. The molecular formula is C16H19N5O3. The highest BCUT2D eigenvalue weighted by molar-refractivity contribution is 5.91. The summed E-state index contributed by atoms with van der Waals surface area (Å²) in [4.78, 5) is 25.0. The van der Waals surface area contributed by atoms with Crippen molar-refractivity contribution in [2.24, 2.45) is 5.92 Å². The number of amides is 1. The number of aromatic nitrogens is 3. The van der Waals surface area contributed by atoms with Gasteiger partial charge in [-0.05, 0) is 12.5 Å². The van der Waals surface area contributed by atoms with Crippen LogP contribution in [-0.2, 0) is 4.74 Å². The molecule has 0 N–H and O–H groups in total. The lowest BCUT2D eigenvalue weighted by atomic mass is 9.93. The minimum absolute atomic E-state index is 0.0272. The van der Waals surface area contributed by atoms with Gasteiger partial charge in [0.25, 0.3) is 5.91 Å². The number of hydrogen-bond acceptors (Lipinski definition) is 7. The summed E-state index contributed by atoms with van der Waals surface area (Å²) in [6.07, 6.45) is 5.90. The second-order valence-corrected chi connectivity index (χ2v) is 6.08. The molecule has 0 radical (unpaired) electrons. The van der Waals surface area contributed by atoms with Crippen LogP contribution >= 0.6 is 0 Å². The summed E-state index contributed by atoms with van der Waals surface area (Å²) in [6.45, 7) is 3.47. The number of anilines is 1. The Balaban J connectivity index is 1.44. The number of likely N-dealkylation sites (tertiary alicyclic amines) is 1. The number of nitrogens with zero attached hydrogens (tertiary/aromatic N) is 5. The number of hydrogen-bond donors (Lipinski definition) is 0. The molecule has 2 saturated heterocycles. The van der Waals surface area contributed by atoms with Crippen LogP contribution in [0.25, 0.3) is 0 Å². The second-order valence-electron chi connectivity index (χ2n) is 6.08. The van der Waals surface area contributed by atoms with Crippen LogP contribution in [0, 0.1) is 5.92 Å². The predicted molar refractivity (Wildman–Crippen MR) is 84.5 cm³/mol. The van der Waals surface area contributed by atoms with E-state index in [0.29, 0.717) is 25.6 Å². The fraction of sp³-hybridized carbons (Fsp3) is 0.500. The third-order valence-corrected chi connectivity index (χ3v) is 4.61. The van der Waals surface area contributed by atoms with E-state index in [1.54, 1.807) is 23.4 Å². The fourth-order valence-corrected chi connectivity index (χ4v) is 3.35. The average Bonchev–Trinajstić information content (AvgIpc) is 3.08. The van der Waals surface area contributed by atoms with E-state index in [0.717, 1.165) is 25.5 Å². The van der Waals surface area contributed by atoms with Crippen molar-refractivity contribution in [3.8, 4) is 0 Å². The van der Waals surface area contributed by atoms with Crippen molar-refractivity contribution in [2.75, 3.05) is 37.7 Å². The lowest BCUT2D eigenvalue weighted by Gasteiger charge is -2.37. The molecule has 0 bridgehead atoms. The van der Waals surface area contributed by atoms with Gasteiger partial charge >= 0.3 is 0 Å².